The summed E-state index contributed by atoms with van der Waals surface area (Å²) in [7, 11) is 0. The lowest BCUT2D eigenvalue weighted by Gasteiger charge is -2.29. The third-order valence-corrected chi connectivity index (χ3v) is 3.70. The molecule has 3 N–H and O–H groups in total. The molecule has 1 fully saturated rings. The SMILES string of the molecule is NNC(Cc1cccnc1)C1CSCCO1. The molecule has 0 aromatic carbocycles. The van der Waals surface area contributed by atoms with Crippen molar-refractivity contribution in [1.82, 2.24) is 10.4 Å². The van der Waals surface area contributed by atoms with Gasteiger partial charge in [-0.05, 0) is 18.1 Å². The summed E-state index contributed by atoms with van der Waals surface area (Å²) in [5.74, 6) is 7.68. The number of nitrogens with zero attached hydrogens (tertiary/aromatic N) is 1. The fourth-order valence-corrected chi connectivity index (χ4v) is 2.75. The number of pyridine rings is 1. The van der Waals surface area contributed by atoms with Crippen LogP contribution in [-0.4, -0.2) is 35.2 Å². The van der Waals surface area contributed by atoms with Crippen molar-refractivity contribution in [1.29, 1.82) is 0 Å². The summed E-state index contributed by atoms with van der Waals surface area (Å²) in [5, 5.41) is 0. The summed E-state index contributed by atoms with van der Waals surface area (Å²) in [6, 6.07) is 4.17. The Hall–Kier alpha value is -0.620. The van der Waals surface area contributed by atoms with Crippen LogP contribution in [0.4, 0.5) is 0 Å². The quantitative estimate of drug-likeness (QED) is 0.595. The van der Waals surface area contributed by atoms with E-state index in [2.05, 4.69) is 16.5 Å². The van der Waals surface area contributed by atoms with E-state index in [1.54, 1.807) is 6.20 Å². The van der Waals surface area contributed by atoms with Crippen molar-refractivity contribution in [3.63, 3.8) is 0 Å². The van der Waals surface area contributed by atoms with Gasteiger partial charge >= 0.3 is 0 Å². The molecule has 0 aliphatic carbocycles. The summed E-state index contributed by atoms with van der Waals surface area (Å²) in [6.45, 7) is 0.820. The molecule has 0 spiro atoms. The van der Waals surface area contributed by atoms with E-state index in [9.17, 15) is 0 Å². The third-order valence-electron chi connectivity index (χ3n) is 2.68. The average Bonchev–Trinajstić information content (AvgIpc) is 2.38. The number of hydrogen-bond donors (Lipinski definition) is 2. The summed E-state index contributed by atoms with van der Waals surface area (Å²) in [5.41, 5.74) is 4.04. The second-order valence-electron chi connectivity index (χ2n) is 3.82. The standard InChI is InChI=1S/C11H17N3OS/c12-14-10(11-8-16-5-4-15-11)6-9-2-1-3-13-7-9/h1-3,7,10-11,14H,4-6,8,12H2. The van der Waals surface area contributed by atoms with Crippen LogP contribution in [0.3, 0.4) is 0 Å². The highest BCUT2D eigenvalue weighted by atomic mass is 32.2. The monoisotopic (exact) mass is 239 g/mol. The summed E-state index contributed by atoms with van der Waals surface area (Å²) >= 11 is 1.92. The van der Waals surface area contributed by atoms with Gasteiger partial charge in [-0.2, -0.15) is 11.8 Å². The van der Waals surface area contributed by atoms with Gasteiger partial charge in [0, 0.05) is 23.9 Å². The van der Waals surface area contributed by atoms with Gasteiger partial charge in [0.2, 0.25) is 0 Å². The summed E-state index contributed by atoms with van der Waals surface area (Å²) in [4.78, 5) is 4.10. The highest BCUT2D eigenvalue weighted by molar-refractivity contribution is 7.99. The van der Waals surface area contributed by atoms with Gasteiger partial charge in [0.25, 0.3) is 0 Å². The second kappa shape index (κ2) is 6.20. The molecule has 16 heavy (non-hydrogen) atoms. The van der Waals surface area contributed by atoms with Gasteiger partial charge in [0.1, 0.15) is 0 Å². The zero-order valence-electron chi connectivity index (χ0n) is 9.13. The maximum Gasteiger partial charge on any atom is 0.0835 e. The smallest absolute Gasteiger partial charge is 0.0835 e. The normalized spacial score (nSPS) is 22.9. The number of nitrogens with two attached hydrogens (primary N) is 1. The maximum atomic E-state index is 5.72. The molecule has 2 heterocycles. The zero-order chi connectivity index (χ0) is 11.2. The minimum Gasteiger partial charge on any atom is -0.375 e. The lowest BCUT2D eigenvalue weighted by atomic mass is 10.0. The molecule has 2 rings (SSSR count). The van der Waals surface area contributed by atoms with Gasteiger partial charge in [-0.15, -0.1) is 0 Å². The Morgan fingerprint density at radius 2 is 2.62 bits per heavy atom. The lowest BCUT2D eigenvalue weighted by molar-refractivity contribution is 0.0472. The molecule has 2 atom stereocenters. The Labute approximate surface area is 99.9 Å². The van der Waals surface area contributed by atoms with E-state index in [0.717, 1.165) is 24.5 Å². The average molecular weight is 239 g/mol. The third kappa shape index (κ3) is 3.18. The molecule has 1 saturated heterocycles. The molecule has 0 bridgehead atoms. The molecular weight excluding hydrogens is 222 g/mol. The highest BCUT2D eigenvalue weighted by Gasteiger charge is 2.24. The van der Waals surface area contributed by atoms with Crippen LogP contribution in [0.5, 0.6) is 0 Å². The van der Waals surface area contributed by atoms with Crippen LogP contribution in [0, 0.1) is 0 Å². The van der Waals surface area contributed by atoms with E-state index in [4.69, 9.17) is 10.6 Å². The van der Waals surface area contributed by atoms with Gasteiger partial charge < -0.3 is 4.74 Å². The first-order chi connectivity index (χ1) is 7.90. The second-order valence-corrected chi connectivity index (χ2v) is 4.97. The van der Waals surface area contributed by atoms with Gasteiger partial charge in [0.05, 0.1) is 18.8 Å². The van der Waals surface area contributed by atoms with E-state index in [-0.39, 0.29) is 12.1 Å². The Bertz CT molecular complexity index is 303. The van der Waals surface area contributed by atoms with E-state index >= 15 is 0 Å². The van der Waals surface area contributed by atoms with Crippen LogP contribution < -0.4 is 11.3 Å². The summed E-state index contributed by atoms with van der Waals surface area (Å²) in [6.07, 6.45) is 4.71. The molecule has 1 aromatic heterocycles. The molecule has 0 saturated carbocycles. The van der Waals surface area contributed by atoms with Crippen LogP contribution in [0.25, 0.3) is 0 Å². The fourth-order valence-electron chi connectivity index (χ4n) is 1.81. The molecule has 2 unspecified atom stereocenters. The number of rotatable bonds is 4. The van der Waals surface area contributed by atoms with Crippen LogP contribution in [0.1, 0.15) is 5.56 Å². The van der Waals surface area contributed by atoms with Crippen molar-refractivity contribution in [3.8, 4) is 0 Å². The van der Waals surface area contributed by atoms with Crippen molar-refractivity contribution in [2.75, 3.05) is 18.1 Å². The van der Waals surface area contributed by atoms with Gasteiger partial charge in [-0.3, -0.25) is 16.3 Å². The van der Waals surface area contributed by atoms with Crippen LogP contribution in [0.2, 0.25) is 0 Å². The van der Waals surface area contributed by atoms with Crippen molar-refractivity contribution in [2.45, 2.75) is 18.6 Å². The molecule has 1 aliphatic heterocycles. The molecule has 0 amide bonds. The van der Waals surface area contributed by atoms with Crippen LogP contribution in [0.15, 0.2) is 24.5 Å². The first-order valence-electron chi connectivity index (χ1n) is 5.44. The number of hydrazine groups is 1. The maximum absolute atomic E-state index is 5.72. The molecule has 4 nitrogen and oxygen atoms in total. The number of aromatic nitrogens is 1. The number of thioether (sulfide) groups is 1. The minimum atomic E-state index is 0.164. The first-order valence-corrected chi connectivity index (χ1v) is 6.60. The van der Waals surface area contributed by atoms with E-state index < -0.39 is 0 Å². The lowest BCUT2D eigenvalue weighted by Crippen LogP contribution is -2.49. The van der Waals surface area contributed by atoms with Crippen LogP contribution in [-0.2, 0) is 11.2 Å². The topological polar surface area (TPSA) is 60.2 Å². The zero-order valence-corrected chi connectivity index (χ0v) is 9.95. The van der Waals surface area contributed by atoms with E-state index in [0.29, 0.717) is 0 Å². The molecule has 0 radical (unpaired) electrons. The molecule has 1 aromatic rings. The molecular formula is C11H17N3OS. The van der Waals surface area contributed by atoms with Crippen molar-refractivity contribution in [3.05, 3.63) is 30.1 Å². The predicted octanol–water partition coefficient (Wildman–Crippen LogP) is 0.588. The predicted molar refractivity (Wildman–Crippen MR) is 66.1 cm³/mol. The number of nitrogens with one attached hydrogen (secondary N) is 1. The van der Waals surface area contributed by atoms with Crippen LogP contribution >= 0.6 is 11.8 Å². The Kier molecular flexibility index (Phi) is 4.59. The van der Waals surface area contributed by atoms with Crippen molar-refractivity contribution < 1.29 is 4.74 Å². The first kappa shape index (κ1) is 11.9. The largest absolute Gasteiger partial charge is 0.375 e. The fraction of sp³-hybridized carbons (Fsp3) is 0.545. The van der Waals surface area contributed by atoms with Gasteiger partial charge in [-0.1, -0.05) is 6.07 Å². The molecule has 1 aliphatic rings. The highest BCUT2D eigenvalue weighted by Crippen LogP contribution is 2.17. The summed E-state index contributed by atoms with van der Waals surface area (Å²) < 4.78 is 5.72. The van der Waals surface area contributed by atoms with Crippen molar-refractivity contribution >= 4 is 11.8 Å². The molecule has 5 heteroatoms. The van der Waals surface area contributed by atoms with Crippen molar-refractivity contribution in [2.24, 2.45) is 5.84 Å². The minimum absolute atomic E-state index is 0.164. The van der Waals surface area contributed by atoms with Gasteiger partial charge in [0.15, 0.2) is 0 Å². The Morgan fingerprint density at radius 3 is 3.25 bits per heavy atom. The number of ether oxygens (including phenoxy) is 1. The molecule has 88 valence electrons. The van der Waals surface area contributed by atoms with Gasteiger partial charge in [-0.25, -0.2) is 0 Å². The Balaban J connectivity index is 1.94. The van der Waals surface area contributed by atoms with E-state index in [1.807, 2.05) is 24.0 Å². The number of hydrogen-bond acceptors (Lipinski definition) is 5. The Morgan fingerprint density at radius 1 is 1.69 bits per heavy atom. The van der Waals surface area contributed by atoms with E-state index in [1.165, 1.54) is 5.56 Å².